The van der Waals surface area contributed by atoms with Crippen LogP contribution in [-0.2, 0) is 6.42 Å². The van der Waals surface area contributed by atoms with E-state index in [9.17, 15) is 9.50 Å². The van der Waals surface area contributed by atoms with Gasteiger partial charge in [0.05, 0.1) is 6.10 Å². The van der Waals surface area contributed by atoms with Crippen LogP contribution in [0.2, 0.25) is 0 Å². The summed E-state index contributed by atoms with van der Waals surface area (Å²) in [5.41, 5.74) is 0.777. The maximum atomic E-state index is 12.9. The Morgan fingerprint density at radius 2 is 2.29 bits per heavy atom. The molecule has 1 unspecified atom stereocenters. The lowest BCUT2D eigenvalue weighted by atomic mass is 10.1. The summed E-state index contributed by atoms with van der Waals surface area (Å²) in [5, 5.41) is 9.50. The third-order valence-corrected chi connectivity index (χ3v) is 2.68. The predicted molar refractivity (Wildman–Crippen MR) is 58.6 cm³/mol. The molecular weight excluding hydrogens is 247 g/mol. The van der Waals surface area contributed by atoms with Crippen molar-refractivity contribution in [3.63, 3.8) is 0 Å². The second kappa shape index (κ2) is 5.27. The Morgan fingerprint density at radius 3 is 2.93 bits per heavy atom. The normalized spacial score (nSPS) is 12.5. The quantitative estimate of drug-likeness (QED) is 0.824. The summed E-state index contributed by atoms with van der Waals surface area (Å²) in [6.45, 7) is 3.54. The minimum atomic E-state index is -0.495. The summed E-state index contributed by atoms with van der Waals surface area (Å²) >= 11 is 3.31. The molecule has 0 aliphatic heterocycles. The minimum Gasteiger partial charge on any atom is -0.392 e. The van der Waals surface area contributed by atoms with Gasteiger partial charge in [-0.2, -0.15) is 0 Å². The lowest BCUT2D eigenvalue weighted by Crippen LogP contribution is -2.09. The van der Waals surface area contributed by atoms with Crippen LogP contribution in [0.25, 0.3) is 0 Å². The van der Waals surface area contributed by atoms with Gasteiger partial charge in [-0.15, -0.1) is 6.58 Å². The van der Waals surface area contributed by atoms with Crippen molar-refractivity contribution in [2.24, 2.45) is 0 Å². The first-order chi connectivity index (χ1) is 6.63. The van der Waals surface area contributed by atoms with E-state index in [1.54, 1.807) is 12.1 Å². The van der Waals surface area contributed by atoms with E-state index in [2.05, 4.69) is 22.5 Å². The number of halogens is 2. The van der Waals surface area contributed by atoms with Gasteiger partial charge in [0.15, 0.2) is 0 Å². The second-order valence-electron chi connectivity index (χ2n) is 3.12. The number of aliphatic hydroxyl groups excluding tert-OH is 1. The van der Waals surface area contributed by atoms with Crippen LogP contribution in [-0.4, -0.2) is 11.2 Å². The molecular formula is C11H12BrFO. The molecule has 14 heavy (non-hydrogen) atoms. The molecule has 1 atom stereocenters. The van der Waals surface area contributed by atoms with Crippen LogP contribution in [0.5, 0.6) is 0 Å². The number of aliphatic hydroxyl groups is 1. The summed E-state index contributed by atoms with van der Waals surface area (Å²) in [6.07, 6.45) is 2.11. The van der Waals surface area contributed by atoms with E-state index in [1.807, 2.05) is 0 Å². The Bertz CT molecular complexity index is 325. The Morgan fingerprint density at radius 1 is 1.57 bits per heavy atom. The van der Waals surface area contributed by atoms with Gasteiger partial charge in [0, 0.05) is 4.47 Å². The molecule has 0 aliphatic rings. The highest BCUT2D eigenvalue weighted by Crippen LogP contribution is 2.20. The fraction of sp³-hybridized carbons (Fsp3) is 0.273. The number of rotatable bonds is 4. The summed E-state index contributed by atoms with van der Waals surface area (Å²) in [4.78, 5) is 0. The Labute approximate surface area is 91.4 Å². The van der Waals surface area contributed by atoms with E-state index in [1.165, 1.54) is 12.1 Å². The highest BCUT2D eigenvalue weighted by atomic mass is 79.9. The van der Waals surface area contributed by atoms with Crippen LogP contribution < -0.4 is 0 Å². The van der Waals surface area contributed by atoms with Gasteiger partial charge in [-0.3, -0.25) is 0 Å². The number of hydrogen-bond donors (Lipinski definition) is 1. The number of hydrogen-bond acceptors (Lipinski definition) is 1. The smallest absolute Gasteiger partial charge is 0.123 e. The third kappa shape index (κ3) is 3.24. The van der Waals surface area contributed by atoms with Crippen LogP contribution in [0.15, 0.2) is 35.3 Å². The van der Waals surface area contributed by atoms with Crippen LogP contribution >= 0.6 is 15.9 Å². The topological polar surface area (TPSA) is 20.2 Å². The fourth-order valence-electron chi connectivity index (χ4n) is 1.23. The van der Waals surface area contributed by atoms with E-state index in [-0.39, 0.29) is 5.82 Å². The van der Waals surface area contributed by atoms with Gasteiger partial charge < -0.3 is 5.11 Å². The van der Waals surface area contributed by atoms with Crippen LogP contribution in [0.4, 0.5) is 4.39 Å². The van der Waals surface area contributed by atoms with Crippen LogP contribution in [0.1, 0.15) is 12.0 Å². The molecule has 3 heteroatoms. The van der Waals surface area contributed by atoms with Crippen molar-refractivity contribution in [2.45, 2.75) is 18.9 Å². The summed E-state index contributed by atoms with van der Waals surface area (Å²) in [6, 6.07) is 4.45. The Hall–Kier alpha value is -0.670. The zero-order valence-corrected chi connectivity index (χ0v) is 9.30. The van der Waals surface area contributed by atoms with Crippen molar-refractivity contribution in [2.75, 3.05) is 0 Å². The molecule has 0 amide bonds. The van der Waals surface area contributed by atoms with Crippen molar-refractivity contribution in [1.82, 2.24) is 0 Å². The van der Waals surface area contributed by atoms with Gasteiger partial charge in [-0.05, 0) is 36.6 Å². The molecule has 0 radical (unpaired) electrons. The monoisotopic (exact) mass is 258 g/mol. The SMILES string of the molecule is C=CCC(O)Cc1cc(F)ccc1Br. The predicted octanol–water partition coefficient (Wildman–Crippen LogP) is 3.07. The molecule has 0 saturated carbocycles. The molecule has 1 N–H and O–H groups in total. The maximum Gasteiger partial charge on any atom is 0.123 e. The molecule has 0 fully saturated rings. The van der Waals surface area contributed by atoms with E-state index < -0.39 is 6.10 Å². The molecule has 0 aromatic heterocycles. The lowest BCUT2D eigenvalue weighted by molar-refractivity contribution is 0.178. The highest BCUT2D eigenvalue weighted by molar-refractivity contribution is 9.10. The average molecular weight is 259 g/mol. The van der Waals surface area contributed by atoms with Crippen LogP contribution in [0.3, 0.4) is 0 Å². The molecule has 0 saturated heterocycles. The summed E-state index contributed by atoms with van der Waals surface area (Å²) in [5.74, 6) is -0.283. The van der Waals surface area contributed by atoms with E-state index in [4.69, 9.17) is 0 Å². The van der Waals surface area contributed by atoms with E-state index >= 15 is 0 Å². The van der Waals surface area contributed by atoms with Gasteiger partial charge >= 0.3 is 0 Å². The molecule has 1 aromatic carbocycles. The van der Waals surface area contributed by atoms with Gasteiger partial charge in [0.2, 0.25) is 0 Å². The second-order valence-corrected chi connectivity index (χ2v) is 3.97. The van der Waals surface area contributed by atoms with Crippen molar-refractivity contribution < 1.29 is 9.50 Å². The van der Waals surface area contributed by atoms with Crippen molar-refractivity contribution in [1.29, 1.82) is 0 Å². The first-order valence-electron chi connectivity index (χ1n) is 4.36. The molecule has 0 spiro atoms. The Balaban J connectivity index is 2.74. The largest absolute Gasteiger partial charge is 0.392 e. The minimum absolute atomic E-state index is 0.283. The molecule has 1 aromatic rings. The lowest BCUT2D eigenvalue weighted by Gasteiger charge is -2.09. The molecule has 76 valence electrons. The van der Waals surface area contributed by atoms with Gasteiger partial charge in [0.1, 0.15) is 5.82 Å². The van der Waals surface area contributed by atoms with Crippen molar-refractivity contribution in [3.8, 4) is 0 Å². The van der Waals surface area contributed by atoms with Crippen molar-refractivity contribution >= 4 is 15.9 Å². The first-order valence-corrected chi connectivity index (χ1v) is 5.15. The van der Waals surface area contributed by atoms with E-state index in [0.717, 1.165) is 10.0 Å². The molecule has 1 nitrogen and oxygen atoms in total. The maximum absolute atomic E-state index is 12.9. The van der Waals surface area contributed by atoms with Gasteiger partial charge in [-0.25, -0.2) is 4.39 Å². The molecule has 0 bridgehead atoms. The average Bonchev–Trinajstić information content (AvgIpc) is 2.12. The Kier molecular flexibility index (Phi) is 4.29. The summed E-state index contributed by atoms with van der Waals surface area (Å²) < 4.78 is 13.7. The standard InChI is InChI=1S/C11H12BrFO/c1-2-3-10(14)7-8-6-9(13)4-5-11(8)12/h2,4-6,10,14H,1,3,7H2. The molecule has 0 aliphatic carbocycles. The number of benzene rings is 1. The summed E-state index contributed by atoms with van der Waals surface area (Å²) in [7, 11) is 0. The van der Waals surface area contributed by atoms with E-state index in [0.29, 0.717) is 12.8 Å². The first kappa shape index (κ1) is 11.4. The molecule has 1 rings (SSSR count). The molecule has 0 heterocycles. The third-order valence-electron chi connectivity index (χ3n) is 1.90. The van der Waals surface area contributed by atoms with Crippen LogP contribution in [0, 0.1) is 5.82 Å². The van der Waals surface area contributed by atoms with Gasteiger partial charge in [-0.1, -0.05) is 22.0 Å². The van der Waals surface area contributed by atoms with Gasteiger partial charge in [0.25, 0.3) is 0 Å². The zero-order chi connectivity index (χ0) is 10.6. The highest BCUT2D eigenvalue weighted by Gasteiger charge is 2.07. The fourth-order valence-corrected chi connectivity index (χ4v) is 1.64. The van der Waals surface area contributed by atoms with Crippen molar-refractivity contribution in [3.05, 3.63) is 46.7 Å². The zero-order valence-electron chi connectivity index (χ0n) is 7.71.